The minimum absolute atomic E-state index is 0.0381. The first-order valence-corrected chi connectivity index (χ1v) is 13.7. The number of amidine groups is 1. The molecular formula is C26H26F2N6O3S. The number of alkyl halides is 1. The van der Waals surface area contributed by atoms with Crippen molar-refractivity contribution in [1.29, 1.82) is 0 Å². The van der Waals surface area contributed by atoms with E-state index in [4.69, 9.17) is 10.5 Å². The summed E-state index contributed by atoms with van der Waals surface area (Å²) in [7, 11) is -4.08. The molecule has 1 aliphatic heterocycles. The second kappa shape index (κ2) is 9.54. The summed E-state index contributed by atoms with van der Waals surface area (Å²) < 4.78 is 59.6. The summed E-state index contributed by atoms with van der Waals surface area (Å²) >= 11 is 0. The molecule has 2 aliphatic rings. The van der Waals surface area contributed by atoms with Crippen LogP contribution in [0.4, 0.5) is 8.78 Å². The second-order valence-electron chi connectivity index (χ2n) is 9.74. The Morgan fingerprint density at radius 3 is 2.71 bits per heavy atom. The van der Waals surface area contributed by atoms with Gasteiger partial charge in [0, 0.05) is 24.4 Å². The van der Waals surface area contributed by atoms with Crippen LogP contribution in [0.3, 0.4) is 0 Å². The van der Waals surface area contributed by atoms with Crippen molar-refractivity contribution in [2.75, 3.05) is 19.0 Å². The number of aromatic nitrogens is 4. The smallest absolute Gasteiger partial charge is 0.233 e. The van der Waals surface area contributed by atoms with Gasteiger partial charge in [0.1, 0.15) is 23.6 Å². The number of ether oxygens (including phenoxy) is 1. The van der Waals surface area contributed by atoms with Gasteiger partial charge in [-0.3, -0.25) is 9.98 Å². The quantitative estimate of drug-likeness (QED) is 0.357. The van der Waals surface area contributed by atoms with Crippen LogP contribution in [0.2, 0.25) is 0 Å². The van der Waals surface area contributed by atoms with Crippen molar-refractivity contribution in [3.05, 3.63) is 53.5 Å². The van der Waals surface area contributed by atoms with Crippen molar-refractivity contribution in [1.82, 2.24) is 19.9 Å². The monoisotopic (exact) mass is 540 g/mol. The van der Waals surface area contributed by atoms with E-state index in [1.165, 1.54) is 25.4 Å². The SMILES string of the molecule is CC#CCOc1cnc2c(Cc3cnc(F)c([C@]4(C)CS(=O)(=O)[C@@](CF)(C5CC5)C(N)=N4)c3)nccc2n1. The molecule has 0 bridgehead atoms. The number of pyridine rings is 2. The Morgan fingerprint density at radius 2 is 2.03 bits per heavy atom. The molecule has 5 rings (SSSR count). The molecule has 0 saturated heterocycles. The Bertz CT molecular complexity index is 1620. The molecular weight excluding hydrogens is 514 g/mol. The molecule has 0 spiro atoms. The van der Waals surface area contributed by atoms with Gasteiger partial charge < -0.3 is 10.5 Å². The van der Waals surface area contributed by atoms with E-state index in [2.05, 4.69) is 36.8 Å². The second-order valence-corrected chi connectivity index (χ2v) is 12.0. The molecule has 0 aromatic carbocycles. The lowest BCUT2D eigenvalue weighted by molar-refractivity contribution is 0.355. The van der Waals surface area contributed by atoms with Crippen molar-refractivity contribution >= 4 is 26.7 Å². The Balaban J connectivity index is 1.49. The third-order valence-corrected chi connectivity index (χ3v) is 9.80. The number of nitrogens with two attached hydrogens (primary N) is 1. The molecule has 3 aromatic rings. The zero-order chi connectivity index (χ0) is 27.1. The highest BCUT2D eigenvalue weighted by Crippen LogP contribution is 2.49. The maximum absolute atomic E-state index is 15.0. The zero-order valence-corrected chi connectivity index (χ0v) is 21.7. The Kier molecular flexibility index (Phi) is 6.51. The van der Waals surface area contributed by atoms with Crippen LogP contribution in [-0.4, -0.2) is 58.0 Å². The van der Waals surface area contributed by atoms with Crippen LogP contribution in [0.1, 0.15) is 43.5 Å². The van der Waals surface area contributed by atoms with E-state index in [0.717, 1.165) is 0 Å². The fourth-order valence-electron chi connectivity index (χ4n) is 4.99. The van der Waals surface area contributed by atoms with E-state index in [-0.39, 0.29) is 24.4 Å². The largest absolute Gasteiger partial charge is 0.463 e. The van der Waals surface area contributed by atoms with E-state index >= 15 is 4.39 Å². The zero-order valence-electron chi connectivity index (χ0n) is 20.9. The van der Waals surface area contributed by atoms with E-state index in [1.807, 2.05) is 0 Å². The van der Waals surface area contributed by atoms with Crippen LogP contribution in [0.25, 0.3) is 11.0 Å². The third kappa shape index (κ3) is 4.34. The number of nitrogens with zero attached hydrogens (tertiary/aromatic N) is 5. The van der Waals surface area contributed by atoms with Crippen LogP contribution < -0.4 is 10.5 Å². The number of aliphatic imine (C=N–C) groups is 1. The van der Waals surface area contributed by atoms with E-state index < -0.39 is 44.4 Å². The molecule has 12 heteroatoms. The molecule has 0 amide bonds. The molecule has 9 nitrogen and oxygen atoms in total. The molecule has 2 atom stereocenters. The lowest BCUT2D eigenvalue weighted by Gasteiger charge is -2.40. The Labute approximate surface area is 218 Å². The number of fused-ring (bicyclic) bond motifs is 1. The summed E-state index contributed by atoms with van der Waals surface area (Å²) in [4.78, 5) is 21.5. The van der Waals surface area contributed by atoms with E-state index in [1.54, 1.807) is 19.2 Å². The van der Waals surface area contributed by atoms with Crippen LogP contribution in [0.15, 0.2) is 35.7 Å². The Morgan fingerprint density at radius 1 is 1.24 bits per heavy atom. The number of halogens is 2. The Hall–Kier alpha value is -3.72. The van der Waals surface area contributed by atoms with E-state index in [0.29, 0.717) is 41.0 Å². The summed E-state index contributed by atoms with van der Waals surface area (Å²) in [5.74, 6) is 3.68. The van der Waals surface area contributed by atoms with E-state index in [9.17, 15) is 12.8 Å². The minimum atomic E-state index is -4.08. The maximum atomic E-state index is 15.0. The number of rotatable bonds is 7. The van der Waals surface area contributed by atoms with Crippen LogP contribution in [-0.2, 0) is 21.8 Å². The van der Waals surface area contributed by atoms with Crippen molar-refractivity contribution in [3.63, 3.8) is 0 Å². The van der Waals surface area contributed by atoms with Gasteiger partial charge in [-0.1, -0.05) is 5.92 Å². The van der Waals surface area contributed by atoms with Gasteiger partial charge in [0.15, 0.2) is 21.2 Å². The molecule has 38 heavy (non-hydrogen) atoms. The summed E-state index contributed by atoms with van der Waals surface area (Å²) in [6.07, 6.45) is 5.73. The highest BCUT2D eigenvalue weighted by Gasteiger charge is 2.62. The predicted octanol–water partition coefficient (Wildman–Crippen LogP) is 2.67. The van der Waals surface area contributed by atoms with Gasteiger partial charge in [-0.25, -0.2) is 27.8 Å². The van der Waals surface area contributed by atoms with Crippen LogP contribution in [0, 0.1) is 23.7 Å². The van der Waals surface area contributed by atoms with Gasteiger partial charge >= 0.3 is 0 Å². The van der Waals surface area contributed by atoms with Crippen molar-refractivity contribution < 1.29 is 21.9 Å². The summed E-state index contributed by atoms with van der Waals surface area (Å²) in [6.45, 7) is 2.22. The highest BCUT2D eigenvalue weighted by atomic mass is 32.2. The van der Waals surface area contributed by atoms with Gasteiger partial charge in [-0.2, -0.15) is 4.39 Å². The van der Waals surface area contributed by atoms with Gasteiger partial charge in [-0.05, 0) is 50.3 Å². The molecule has 4 heterocycles. The number of hydrogen-bond donors (Lipinski definition) is 1. The average Bonchev–Trinajstić information content (AvgIpc) is 3.71. The van der Waals surface area contributed by atoms with Gasteiger partial charge in [0.05, 0.1) is 23.2 Å². The number of hydrogen-bond acceptors (Lipinski definition) is 9. The fraction of sp³-hybridized carbons (Fsp3) is 0.423. The highest BCUT2D eigenvalue weighted by molar-refractivity contribution is 7.93. The molecule has 1 saturated carbocycles. The first-order valence-electron chi connectivity index (χ1n) is 12.1. The summed E-state index contributed by atoms with van der Waals surface area (Å²) in [5, 5.41) is 0. The molecule has 2 N–H and O–H groups in total. The average molecular weight is 541 g/mol. The summed E-state index contributed by atoms with van der Waals surface area (Å²) in [6, 6.07) is 3.20. The lowest BCUT2D eigenvalue weighted by atomic mass is 9.92. The molecule has 198 valence electrons. The lowest BCUT2D eigenvalue weighted by Crippen LogP contribution is -2.61. The number of sulfone groups is 1. The van der Waals surface area contributed by atoms with Gasteiger partial charge in [-0.15, -0.1) is 5.92 Å². The minimum Gasteiger partial charge on any atom is -0.463 e. The van der Waals surface area contributed by atoms with Crippen molar-refractivity contribution in [2.24, 2.45) is 16.6 Å². The molecule has 1 fully saturated rings. The molecule has 0 unspecified atom stereocenters. The first kappa shape index (κ1) is 25.9. The van der Waals surface area contributed by atoms with Crippen LogP contribution >= 0.6 is 0 Å². The predicted molar refractivity (Wildman–Crippen MR) is 137 cm³/mol. The topological polar surface area (TPSA) is 133 Å². The fourth-order valence-corrected chi connectivity index (χ4v) is 7.48. The third-order valence-electron chi connectivity index (χ3n) is 7.09. The first-order chi connectivity index (χ1) is 18.1. The summed E-state index contributed by atoms with van der Waals surface area (Å²) in [5.41, 5.74) is 6.71. The normalized spacial score (nSPS) is 24.4. The standard InChI is InChI=1S/C26H26F2N6O3S/c1-3-4-9-37-21-13-31-22-19(33-21)7-8-30-20(22)11-16-10-18(23(28)32-12-16)25(2)15-38(35,36)26(14-27,17-5-6-17)24(29)34-25/h7-8,10,12-13,17H,5-6,9,11,14-15H2,1-2H3,(H2,29,34)/t25-,26-/m0/s1. The molecule has 0 radical (unpaired) electrons. The van der Waals surface area contributed by atoms with Gasteiger partial charge in [0.2, 0.25) is 11.8 Å². The molecule has 3 aromatic heterocycles. The van der Waals surface area contributed by atoms with Crippen molar-refractivity contribution in [2.45, 2.75) is 43.4 Å². The van der Waals surface area contributed by atoms with Crippen LogP contribution in [0.5, 0.6) is 5.88 Å². The maximum Gasteiger partial charge on any atom is 0.233 e. The van der Waals surface area contributed by atoms with Crippen molar-refractivity contribution in [3.8, 4) is 17.7 Å². The molecule has 1 aliphatic carbocycles. The van der Waals surface area contributed by atoms with Gasteiger partial charge in [0.25, 0.3) is 0 Å².